The van der Waals surface area contributed by atoms with Crippen molar-refractivity contribution in [2.75, 3.05) is 18.8 Å². The number of benzene rings is 2. The van der Waals surface area contributed by atoms with Gasteiger partial charge in [-0.25, -0.2) is 0 Å². The van der Waals surface area contributed by atoms with E-state index in [9.17, 15) is 9.90 Å². The quantitative estimate of drug-likeness (QED) is 0.288. The third-order valence-corrected chi connectivity index (χ3v) is 4.50. The zero-order valence-electron chi connectivity index (χ0n) is 14.5. The van der Waals surface area contributed by atoms with Crippen LogP contribution in [0.15, 0.2) is 53.9 Å². The van der Waals surface area contributed by atoms with Crippen LogP contribution in [0.3, 0.4) is 0 Å². The van der Waals surface area contributed by atoms with Crippen LogP contribution in [0.2, 0.25) is 0 Å². The Morgan fingerprint density at radius 1 is 1.19 bits per heavy atom. The number of aromatic hydroxyl groups is 1. The summed E-state index contributed by atoms with van der Waals surface area (Å²) in [5, 5.41) is 16.5. The molecule has 2 aromatic rings. The second-order valence-corrected chi connectivity index (χ2v) is 6.41. The summed E-state index contributed by atoms with van der Waals surface area (Å²) in [4.78, 5) is 13.3. The average Bonchev–Trinajstić information content (AvgIpc) is 3.16. The minimum atomic E-state index is 0.0764. The Hall–Kier alpha value is -2.73. The third-order valence-electron chi connectivity index (χ3n) is 4.13. The number of phenolic OH excluding ortho intramolecular Hbond substituents is 1. The van der Waals surface area contributed by atoms with E-state index in [0.29, 0.717) is 16.1 Å². The topological polar surface area (TPSA) is 90.4 Å². The smallest absolute Gasteiger partial charge is 0.245 e. The second kappa shape index (κ2) is 9.10. The van der Waals surface area contributed by atoms with Gasteiger partial charge >= 0.3 is 0 Å². The van der Waals surface area contributed by atoms with E-state index >= 15 is 0 Å². The lowest BCUT2D eigenvalue weighted by Gasteiger charge is -2.10. The molecule has 26 heavy (non-hydrogen) atoms. The molecular formula is C20H23N3O2S. The van der Waals surface area contributed by atoms with E-state index in [1.54, 1.807) is 30.3 Å². The van der Waals surface area contributed by atoms with Crippen molar-refractivity contribution in [3.05, 3.63) is 54.6 Å². The first-order chi connectivity index (χ1) is 12.5. The fraction of sp³-hybridized carbons (Fsp3) is 0.200. The SMILES string of the molecule is C=CC(=O)N1CCCC1.N=Cc1c(N)cc(-c2ccc(O)cc2)cc1S. The van der Waals surface area contributed by atoms with Crippen LogP contribution in [0.5, 0.6) is 5.75 Å². The number of anilines is 1. The zero-order valence-corrected chi connectivity index (χ0v) is 15.4. The number of hydrogen-bond acceptors (Lipinski definition) is 5. The molecule has 0 saturated carbocycles. The Kier molecular flexibility index (Phi) is 6.86. The highest BCUT2D eigenvalue weighted by atomic mass is 32.1. The Balaban J connectivity index is 0.000000228. The van der Waals surface area contributed by atoms with Gasteiger partial charge in [-0.1, -0.05) is 18.7 Å². The van der Waals surface area contributed by atoms with Gasteiger partial charge < -0.3 is 21.1 Å². The molecule has 0 spiro atoms. The number of nitrogen functional groups attached to an aromatic ring is 1. The summed E-state index contributed by atoms with van der Waals surface area (Å²) < 4.78 is 0. The lowest BCUT2D eigenvalue weighted by Crippen LogP contribution is -2.25. The maximum Gasteiger partial charge on any atom is 0.245 e. The minimum Gasteiger partial charge on any atom is -0.508 e. The molecule has 4 N–H and O–H groups in total. The first-order valence-electron chi connectivity index (χ1n) is 8.30. The molecule has 1 aliphatic heterocycles. The first-order valence-corrected chi connectivity index (χ1v) is 8.74. The van der Waals surface area contributed by atoms with Crippen LogP contribution in [-0.4, -0.2) is 35.2 Å². The second-order valence-electron chi connectivity index (χ2n) is 5.93. The minimum absolute atomic E-state index is 0.0764. The number of carbonyl (C=O) groups excluding carboxylic acids is 1. The van der Waals surface area contributed by atoms with Crippen molar-refractivity contribution in [2.24, 2.45) is 0 Å². The molecule has 0 atom stereocenters. The molecule has 1 fully saturated rings. The van der Waals surface area contributed by atoms with Gasteiger partial charge in [-0.2, -0.15) is 0 Å². The molecule has 1 saturated heterocycles. The highest BCUT2D eigenvalue weighted by molar-refractivity contribution is 7.80. The van der Waals surface area contributed by atoms with Gasteiger partial charge in [-0.15, -0.1) is 12.6 Å². The number of nitrogens with two attached hydrogens (primary N) is 1. The summed E-state index contributed by atoms with van der Waals surface area (Å²) in [5.74, 6) is 0.302. The van der Waals surface area contributed by atoms with E-state index in [2.05, 4.69) is 19.2 Å². The van der Waals surface area contributed by atoms with Gasteiger partial charge in [-0.3, -0.25) is 4.79 Å². The summed E-state index contributed by atoms with van der Waals surface area (Å²) in [6.45, 7) is 5.26. The van der Waals surface area contributed by atoms with Crippen molar-refractivity contribution < 1.29 is 9.90 Å². The van der Waals surface area contributed by atoms with Gasteiger partial charge in [0, 0.05) is 35.5 Å². The zero-order chi connectivity index (χ0) is 19.1. The molecule has 3 rings (SSSR count). The molecule has 2 aromatic carbocycles. The van der Waals surface area contributed by atoms with Crippen molar-refractivity contribution in [1.82, 2.24) is 4.90 Å². The molecule has 0 radical (unpaired) electrons. The fourth-order valence-corrected chi connectivity index (χ4v) is 3.04. The van der Waals surface area contributed by atoms with Gasteiger partial charge in [0.15, 0.2) is 0 Å². The highest BCUT2D eigenvalue weighted by Crippen LogP contribution is 2.29. The lowest BCUT2D eigenvalue weighted by molar-refractivity contribution is -0.124. The average molecular weight is 369 g/mol. The Bertz CT molecular complexity index is 774. The molecule has 1 aliphatic rings. The first kappa shape index (κ1) is 19.6. The monoisotopic (exact) mass is 369 g/mol. The molecule has 1 heterocycles. The number of nitrogens with one attached hydrogen (secondary N) is 1. The molecule has 0 unspecified atom stereocenters. The fourth-order valence-electron chi connectivity index (χ4n) is 2.70. The summed E-state index contributed by atoms with van der Waals surface area (Å²) >= 11 is 4.31. The number of thiol groups is 1. The van der Waals surface area contributed by atoms with E-state index in [-0.39, 0.29) is 11.7 Å². The number of phenols is 1. The van der Waals surface area contributed by atoms with E-state index in [1.807, 2.05) is 11.0 Å². The van der Waals surface area contributed by atoms with Gasteiger partial charge in [0.25, 0.3) is 0 Å². The molecule has 136 valence electrons. The number of carbonyl (C=O) groups is 1. The standard InChI is InChI=1S/C13H12N2OS.C7H11NO/c14-7-11-12(15)5-9(6-13(11)17)8-1-3-10(16)4-2-8;1-2-7(9)8-5-3-4-6-8/h1-7,14,16-17H,15H2;2H,1,3-6H2. The summed E-state index contributed by atoms with van der Waals surface area (Å²) in [6.07, 6.45) is 4.88. The van der Waals surface area contributed by atoms with Crippen LogP contribution in [0, 0.1) is 5.41 Å². The van der Waals surface area contributed by atoms with Crippen molar-refractivity contribution >= 4 is 30.4 Å². The van der Waals surface area contributed by atoms with E-state index in [4.69, 9.17) is 11.1 Å². The van der Waals surface area contributed by atoms with Crippen LogP contribution in [0.4, 0.5) is 5.69 Å². The maximum absolute atomic E-state index is 10.8. The number of likely N-dealkylation sites (tertiary alicyclic amines) is 1. The molecule has 0 aliphatic carbocycles. The predicted molar refractivity (Wildman–Crippen MR) is 109 cm³/mol. The normalized spacial score (nSPS) is 12.9. The molecule has 6 heteroatoms. The lowest BCUT2D eigenvalue weighted by atomic mass is 10.0. The third kappa shape index (κ3) is 4.89. The summed E-state index contributed by atoms with van der Waals surface area (Å²) in [7, 11) is 0. The van der Waals surface area contributed by atoms with Crippen LogP contribution in [0.25, 0.3) is 11.1 Å². The summed E-state index contributed by atoms with van der Waals surface area (Å²) in [5.41, 5.74) is 8.86. The summed E-state index contributed by atoms with van der Waals surface area (Å²) in [6, 6.07) is 10.5. The van der Waals surface area contributed by atoms with Crippen LogP contribution in [-0.2, 0) is 4.79 Å². The van der Waals surface area contributed by atoms with Gasteiger partial charge in [-0.05, 0) is 54.3 Å². The highest BCUT2D eigenvalue weighted by Gasteiger charge is 2.14. The van der Waals surface area contributed by atoms with Crippen LogP contribution >= 0.6 is 12.6 Å². The van der Waals surface area contributed by atoms with E-state index in [0.717, 1.165) is 37.1 Å². The van der Waals surface area contributed by atoms with E-state index in [1.165, 1.54) is 12.3 Å². The van der Waals surface area contributed by atoms with Crippen molar-refractivity contribution in [3.8, 4) is 16.9 Å². The van der Waals surface area contributed by atoms with Gasteiger partial charge in [0.2, 0.25) is 5.91 Å². The van der Waals surface area contributed by atoms with Crippen LogP contribution in [0.1, 0.15) is 18.4 Å². The van der Waals surface area contributed by atoms with Gasteiger partial charge in [0.1, 0.15) is 5.75 Å². The Labute approximate surface area is 159 Å². The molecule has 0 bridgehead atoms. The van der Waals surface area contributed by atoms with Crippen LogP contribution < -0.4 is 5.73 Å². The van der Waals surface area contributed by atoms with Crippen molar-refractivity contribution in [1.29, 1.82) is 5.41 Å². The number of nitrogens with zero attached hydrogens (tertiary/aromatic N) is 1. The number of hydrogen-bond donors (Lipinski definition) is 4. The molecule has 0 aromatic heterocycles. The van der Waals surface area contributed by atoms with Crippen molar-refractivity contribution in [3.63, 3.8) is 0 Å². The van der Waals surface area contributed by atoms with Crippen molar-refractivity contribution in [2.45, 2.75) is 17.7 Å². The van der Waals surface area contributed by atoms with E-state index < -0.39 is 0 Å². The maximum atomic E-state index is 10.8. The Morgan fingerprint density at radius 2 is 1.81 bits per heavy atom. The molecule has 5 nitrogen and oxygen atoms in total. The predicted octanol–water partition coefficient (Wildman–Crippen LogP) is 3.72. The largest absolute Gasteiger partial charge is 0.508 e. The number of rotatable bonds is 3. The molecular weight excluding hydrogens is 346 g/mol. The van der Waals surface area contributed by atoms with Gasteiger partial charge in [0.05, 0.1) is 0 Å². The number of amides is 1. The Morgan fingerprint density at radius 3 is 2.31 bits per heavy atom. The molecule has 1 amide bonds.